The van der Waals surface area contributed by atoms with Gasteiger partial charge in [-0.2, -0.15) is 0 Å². The molecule has 4 aromatic carbocycles. The second-order valence-corrected chi connectivity index (χ2v) is 10.6. The van der Waals surface area contributed by atoms with Crippen LogP contribution in [0.25, 0.3) is 0 Å². The molecule has 0 saturated heterocycles. The van der Waals surface area contributed by atoms with Gasteiger partial charge in [-0.25, -0.2) is 4.79 Å². The van der Waals surface area contributed by atoms with E-state index in [0.717, 1.165) is 23.3 Å². The number of amides is 2. The smallest absolute Gasteiger partial charge is 0.338 e. The summed E-state index contributed by atoms with van der Waals surface area (Å²) in [5.41, 5.74) is 2.96. The highest BCUT2D eigenvalue weighted by molar-refractivity contribution is 8.00. The van der Waals surface area contributed by atoms with E-state index < -0.39 is 5.25 Å². The van der Waals surface area contributed by atoms with Gasteiger partial charge in [0.25, 0.3) is 5.91 Å². The van der Waals surface area contributed by atoms with Crippen LogP contribution >= 0.6 is 23.4 Å². The number of anilines is 2. The summed E-state index contributed by atoms with van der Waals surface area (Å²) in [7, 11) is 0. The minimum atomic E-state index is -0.535. The van der Waals surface area contributed by atoms with Crippen LogP contribution < -0.4 is 10.6 Å². The molecule has 0 aliphatic rings. The molecule has 0 aliphatic carbocycles. The van der Waals surface area contributed by atoms with Crippen LogP contribution in [0.2, 0.25) is 5.02 Å². The second kappa shape index (κ2) is 14.4. The van der Waals surface area contributed by atoms with Crippen LogP contribution in [-0.2, 0) is 9.53 Å². The maximum absolute atomic E-state index is 13.4. The zero-order valence-corrected chi connectivity index (χ0v) is 23.5. The lowest BCUT2D eigenvalue weighted by atomic mass is 10.1. The summed E-state index contributed by atoms with van der Waals surface area (Å²) >= 11 is 7.39. The highest BCUT2D eigenvalue weighted by Crippen LogP contribution is 2.36. The Morgan fingerprint density at radius 1 is 0.800 bits per heavy atom. The highest BCUT2D eigenvalue weighted by Gasteiger charge is 2.22. The van der Waals surface area contributed by atoms with E-state index in [1.165, 1.54) is 11.8 Å². The summed E-state index contributed by atoms with van der Waals surface area (Å²) in [6.45, 7) is 2.42. The number of hydrogen-bond donors (Lipinski definition) is 2. The molecular weight excluding hydrogens is 544 g/mol. The third kappa shape index (κ3) is 8.21. The van der Waals surface area contributed by atoms with E-state index in [4.69, 9.17) is 16.3 Å². The highest BCUT2D eigenvalue weighted by atomic mass is 35.5. The number of halogens is 1. The molecule has 2 amide bonds. The van der Waals surface area contributed by atoms with Crippen molar-refractivity contribution < 1.29 is 19.1 Å². The number of thioether (sulfide) groups is 1. The average molecular weight is 573 g/mol. The van der Waals surface area contributed by atoms with Crippen LogP contribution in [0, 0.1) is 0 Å². The number of carbonyl (C=O) groups excluding carboxylic acids is 3. The molecule has 0 fully saturated rings. The lowest BCUT2D eigenvalue weighted by Gasteiger charge is -2.17. The van der Waals surface area contributed by atoms with E-state index in [2.05, 4.69) is 10.6 Å². The quantitative estimate of drug-likeness (QED) is 0.108. The molecule has 204 valence electrons. The predicted molar refractivity (Wildman–Crippen MR) is 161 cm³/mol. The van der Waals surface area contributed by atoms with E-state index in [1.54, 1.807) is 60.7 Å². The van der Waals surface area contributed by atoms with Crippen LogP contribution in [0.3, 0.4) is 0 Å². The lowest BCUT2D eigenvalue weighted by Crippen LogP contribution is -2.19. The van der Waals surface area contributed by atoms with Crippen LogP contribution in [0.5, 0.6) is 0 Å². The van der Waals surface area contributed by atoms with Crippen LogP contribution in [0.1, 0.15) is 51.3 Å². The number of carbonyl (C=O) groups is 3. The van der Waals surface area contributed by atoms with Gasteiger partial charge in [0.05, 0.1) is 12.2 Å². The van der Waals surface area contributed by atoms with Gasteiger partial charge in [0.1, 0.15) is 5.25 Å². The molecule has 0 aliphatic heterocycles. The van der Waals surface area contributed by atoms with Crippen molar-refractivity contribution in [3.05, 3.63) is 125 Å². The zero-order chi connectivity index (χ0) is 28.3. The van der Waals surface area contributed by atoms with Gasteiger partial charge in [-0.05, 0) is 78.7 Å². The van der Waals surface area contributed by atoms with Crippen molar-refractivity contribution in [1.29, 1.82) is 0 Å². The molecule has 1 atom stereocenters. The molecule has 1 unspecified atom stereocenters. The Balaban J connectivity index is 1.43. The molecule has 0 heterocycles. The first-order chi connectivity index (χ1) is 19.4. The van der Waals surface area contributed by atoms with Crippen molar-refractivity contribution in [2.75, 3.05) is 17.2 Å². The van der Waals surface area contributed by atoms with Gasteiger partial charge in [-0.15, -0.1) is 11.8 Å². The molecule has 4 aromatic rings. The molecule has 0 spiro atoms. The second-order valence-electron chi connectivity index (χ2n) is 8.95. The first kappa shape index (κ1) is 28.9. The number of rotatable bonds is 11. The molecule has 2 N–H and O–H groups in total. The van der Waals surface area contributed by atoms with Crippen molar-refractivity contribution in [2.24, 2.45) is 0 Å². The fourth-order valence-electron chi connectivity index (χ4n) is 3.78. The van der Waals surface area contributed by atoms with E-state index in [-0.39, 0.29) is 17.8 Å². The van der Waals surface area contributed by atoms with Crippen molar-refractivity contribution in [3.8, 4) is 0 Å². The third-order valence-electron chi connectivity index (χ3n) is 5.91. The first-order valence-corrected chi connectivity index (χ1v) is 14.2. The van der Waals surface area contributed by atoms with E-state index in [0.29, 0.717) is 34.1 Å². The first-order valence-electron chi connectivity index (χ1n) is 12.9. The van der Waals surface area contributed by atoms with E-state index in [1.807, 2.05) is 49.4 Å². The molecule has 0 bridgehead atoms. The minimum Gasteiger partial charge on any atom is -0.462 e. The standard InChI is InChI=1S/C32H29ClN2O4S/c1-2-3-20-39-32(38)23-12-14-26(15-13-23)35-31(37)29(22-8-5-4-6-9-22)40-28-18-16-27(17-19-28)34-30(36)24-10-7-11-25(33)21-24/h4-19,21,29H,2-3,20H2,1H3,(H,34,36)(H,35,37). The Morgan fingerprint density at radius 2 is 1.48 bits per heavy atom. The van der Waals surface area contributed by atoms with Gasteiger partial charge in [-0.1, -0.05) is 61.3 Å². The van der Waals surface area contributed by atoms with Gasteiger partial charge in [-0.3, -0.25) is 9.59 Å². The molecule has 0 saturated carbocycles. The predicted octanol–water partition coefficient (Wildman–Crippen LogP) is 8.02. The number of esters is 1. The largest absolute Gasteiger partial charge is 0.462 e. The summed E-state index contributed by atoms with van der Waals surface area (Å²) in [4.78, 5) is 39.0. The Bertz CT molecular complexity index is 1440. The molecule has 8 heteroatoms. The summed E-state index contributed by atoms with van der Waals surface area (Å²) in [5, 5.41) is 5.78. The van der Waals surface area contributed by atoms with Crippen LogP contribution in [0.15, 0.2) is 108 Å². The van der Waals surface area contributed by atoms with Gasteiger partial charge in [0, 0.05) is 26.9 Å². The van der Waals surface area contributed by atoms with Crippen molar-refractivity contribution in [2.45, 2.75) is 29.9 Å². The Kier molecular flexibility index (Phi) is 10.4. The summed E-state index contributed by atoms with van der Waals surface area (Å²) in [6, 6.07) is 30.2. The van der Waals surface area contributed by atoms with E-state index in [9.17, 15) is 14.4 Å². The normalized spacial score (nSPS) is 11.3. The Hall–Kier alpha value is -4.07. The molecule has 6 nitrogen and oxygen atoms in total. The number of hydrogen-bond acceptors (Lipinski definition) is 5. The average Bonchev–Trinajstić information content (AvgIpc) is 2.97. The van der Waals surface area contributed by atoms with E-state index >= 15 is 0 Å². The number of benzene rings is 4. The summed E-state index contributed by atoms with van der Waals surface area (Å²) in [6.07, 6.45) is 1.77. The summed E-state index contributed by atoms with van der Waals surface area (Å²) in [5.74, 6) is -0.839. The number of ether oxygens (including phenoxy) is 1. The molecule has 0 aromatic heterocycles. The zero-order valence-electron chi connectivity index (χ0n) is 21.9. The number of nitrogens with one attached hydrogen (secondary N) is 2. The lowest BCUT2D eigenvalue weighted by molar-refractivity contribution is -0.115. The van der Waals surface area contributed by atoms with Crippen molar-refractivity contribution in [1.82, 2.24) is 0 Å². The fraction of sp³-hybridized carbons (Fsp3) is 0.156. The summed E-state index contributed by atoms with van der Waals surface area (Å²) < 4.78 is 5.25. The molecular formula is C32H29ClN2O4S. The van der Waals surface area contributed by atoms with Gasteiger partial charge >= 0.3 is 5.97 Å². The van der Waals surface area contributed by atoms with Gasteiger partial charge < -0.3 is 15.4 Å². The minimum absolute atomic E-state index is 0.201. The SMILES string of the molecule is CCCCOC(=O)c1ccc(NC(=O)C(Sc2ccc(NC(=O)c3cccc(Cl)c3)cc2)c2ccccc2)cc1. The van der Waals surface area contributed by atoms with Crippen LogP contribution in [0.4, 0.5) is 11.4 Å². The van der Waals surface area contributed by atoms with Gasteiger partial charge in [0.2, 0.25) is 5.91 Å². The topological polar surface area (TPSA) is 84.5 Å². The third-order valence-corrected chi connectivity index (χ3v) is 7.41. The van der Waals surface area contributed by atoms with Gasteiger partial charge in [0.15, 0.2) is 0 Å². The fourth-order valence-corrected chi connectivity index (χ4v) is 4.99. The molecule has 40 heavy (non-hydrogen) atoms. The van der Waals surface area contributed by atoms with Crippen molar-refractivity contribution >= 4 is 52.5 Å². The maximum Gasteiger partial charge on any atom is 0.338 e. The monoisotopic (exact) mass is 572 g/mol. The maximum atomic E-state index is 13.4. The Morgan fingerprint density at radius 3 is 2.15 bits per heavy atom. The molecule has 4 rings (SSSR count). The Labute approximate surface area is 243 Å². The molecule has 0 radical (unpaired) electrons. The number of unbranched alkanes of at least 4 members (excludes halogenated alkanes) is 1. The van der Waals surface area contributed by atoms with Crippen LogP contribution in [-0.4, -0.2) is 24.4 Å². The van der Waals surface area contributed by atoms with Crippen molar-refractivity contribution in [3.63, 3.8) is 0 Å².